The Balaban J connectivity index is 1.78. The van der Waals surface area contributed by atoms with E-state index in [1.165, 1.54) is 0 Å². The van der Waals surface area contributed by atoms with Crippen LogP contribution in [0.25, 0.3) is 5.69 Å². The summed E-state index contributed by atoms with van der Waals surface area (Å²) in [4.78, 5) is 2.29. The van der Waals surface area contributed by atoms with Gasteiger partial charge >= 0.3 is 0 Å². The highest BCUT2D eigenvalue weighted by Gasteiger charge is 2.27. The van der Waals surface area contributed by atoms with Gasteiger partial charge in [0.25, 0.3) is 0 Å². The highest BCUT2D eigenvalue weighted by atomic mass is 19.1. The van der Waals surface area contributed by atoms with Crippen LogP contribution in [0.4, 0.5) is 10.1 Å². The fraction of sp³-hybridized carbons (Fsp3) is 0.438. The summed E-state index contributed by atoms with van der Waals surface area (Å²) in [6.07, 6.45) is 3.54. The van der Waals surface area contributed by atoms with Crippen LogP contribution in [-0.2, 0) is 0 Å². The fourth-order valence-electron chi connectivity index (χ4n) is 2.94. The Hall–Kier alpha value is -1.88. The van der Waals surface area contributed by atoms with Crippen LogP contribution in [0.3, 0.4) is 0 Å². The molecule has 0 saturated carbocycles. The zero-order chi connectivity index (χ0) is 15.0. The molecule has 1 aromatic carbocycles. The maximum atomic E-state index is 14.3. The van der Waals surface area contributed by atoms with Crippen LogP contribution in [0.15, 0.2) is 30.6 Å². The van der Waals surface area contributed by atoms with Crippen molar-refractivity contribution in [2.75, 3.05) is 25.5 Å². The van der Waals surface area contributed by atoms with Gasteiger partial charge in [-0.05, 0) is 43.7 Å². The summed E-state index contributed by atoms with van der Waals surface area (Å²) in [7, 11) is 2.11. The molecular formula is C16H21FN4. The Labute approximate surface area is 124 Å². The molecule has 0 spiro atoms. The summed E-state index contributed by atoms with van der Waals surface area (Å²) < 4.78 is 15.9. The van der Waals surface area contributed by atoms with E-state index in [0.717, 1.165) is 24.3 Å². The summed E-state index contributed by atoms with van der Waals surface area (Å²) >= 11 is 0. The minimum Gasteiger partial charge on any atom is -0.381 e. The molecule has 5 heteroatoms. The number of hydrogen-bond acceptors (Lipinski definition) is 3. The van der Waals surface area contributed by atoms with Gasteiger partial charge in [0.2, 0.25) is 0 Å². The van der Waals surface area contributed by atoms with E-state index in [0.29, 0.717) is 17.6 Å². The Kier molecular flexibility index (Phi) is 3.68. The van der Waals surface area contributed by atoms with E-state index >= 15 is 0 Å². The van der Waals surface area contributed by atoms with Gasteiger partial charge in [-0.15, -0.1) is 0 Å². The minimum atomic E-state index is -0.262. The molecule has 1 saturated heterocycles. The Morgan fingerprint density at radius 2 is 2.14 bits per heavy atom. The average molecular weight is 288 g/mol. The summed E-state index contributed by atoms with van der Waals surface area (Å²) in [6.45, 7) is 6.22. The Morgan fingerprint density at radius 3 is 2.71 bits per heavy atom. The summed E-state index contributed by atoms with van der Waals surface area (Å²) in [5.74, 6) is 0.300. The van der Waals surface area contributed by atoms with Crippen molar-refractivity contribution in [1.82, 2.24) is 14.7 Å². The molecule has 1 aliphatic rings. The topological polar surface area (TPSA) is 33.1 Å². The molecule has 2 heterocycles. The smallest absolute Gasteiger partial charge is 0.150 e. The second-order valence-electron chi connectivity index (χ2n) is 6.08. The molecule has 112 valence electrons. The average Bonchev–Trinajstić information content (AvgIpc) is 2.96. The second-order valence-corrected chi connectivity index (χ2v) is 6.08. The quantitative estimate of drug-likeness (QED) is 0.942. The van der Waals surface area contributed by atoms with Crippen LogP contribution < -0.4 is 5.32 Å². The molecule has 1 aliphatic heterocycles. The highest BCUT2D eigenvalue weighted by molar-refractivity contribution is 5.50. The maximum Gasteiger partial charge on any atom is 0.150 e. The van der Waals surface area contributed by atoms with Crippen LogP contribution in [-0.4, -0.2) is 40.9 Å². The number of aromatic nitrogens is 2. The fourth-order valence-corrected chi connectivity index (χ4v) is 2.94. The highest BCUT2D eigenvalue weighted by Crippen LogP contribution is 2.23. The molecule has 2 atom stereocenters. The molecule has 1 fully saturated rings. The first-order chi connectivity index (χ1) is 10.0. The predicted molar refractivity (Wildman–Crippen MR) is 82.3 cm³/mol. The SMILES string of the molecule is Cc1cnn(-c2ccc(NC3CN(C)CC3C)cc2F)c1. The van der Waals surface area contributed by atoms with E-state index in [2.05, 4.69) is 29.3 Å². The number of nitrogens with zero attached hydrogens (tertiary/aromatic N) is 3. The number of likely N-dealkylation sites (N-methyl/N-ethyl adjacent to an activating group) is 1. The van der Waals surface area contributed by atoms with E-state index in [-0.39, 0.29) is 5.82 Å². The van der Waals surface area contributed by atoms with Gasteiger partial charge in [-0.2, -0.15) is 5.10 Å². The molecule has 0 amide bonds. The van der Waals surface area contributed by atoms with Crippen molar-refractivity contribution < 1.29 is 4.39 Å². The predicted octanol–water partition coefficient (Wildman–Crippen LogP) is 2.68. The van der Waals surface area contributed by atoms with E-state index in [9.17, 15) is 4.39 Å². The number of likely N-dealkylation sites (tertiary alicyclic amines) is 1. The standard InChI is InChI=1S/C16H21FN4/c1-11-7-18-21(8-11)16-5-4-13(6-14(16)17)19-15-10-20(3)9-12(15)2/h4-8,12,15,19H,9-10H2,1-3H3. The number of nitrogens with one attached hydrogen (secondary N) is 1. The van der Waals surface area contributed by atoms with Crippen molar-refractivity contribution in [2.24, 2.45) is 5.92 Å². The first-order valence-electron chi connectivity index (χ1n) is 7.29. The molecule has 0 bridgehead atoms. The lowest BCUT2D eigenvalue weighted by atomic mass is 10.1. The molecular weight excluding hydrogens is 267 g/mol. The van der Waals surface area contributed by atoms with E-state index < -0.39 is 0 Å². The first kappa shape index (κ1) is 14.1. The first-order valence-corrected chi connectivity index (χ1v) is 7.29. The van der Waals surface area contributed by atoms with Crippen molar-refractivity contribution in [3.8, 4) is 5.69 Å². The normalized spacial score (nSPS) is 22.7. The van der Waals surface area contributed by atoms with Crippen molar-refractivity contribution in [3.05, 3.63) is 42.0 Å². The summed E-state index contributed by atoms with van der Waals surface area (Å²) in [5.41, 5.74) is 2.32. The van der Waals surface area contributed by atoms with Gasteiger partial charge in [-0.1, -0.05) is 6.92 Å². The molecule has 4 nitrogen and oxygen atoms in total. The van der Waals surface area contributed by atoms with E-state index in [1.54, 1.807) is 23.0 Å². The zero-order valence-electron chi connectivity index (χ0n) is 12.7. The van der Waals surface area contributed by atoms with Crippen LogP contribution >= 0.6 is 0 Å². The van der Waals surface area contributed by atoms with E-state index in [4.69, 9.17) is 0 Å². The number of rotatable bonds is 3. The van der Waals surface area contributed by atoms with Crippen LogP contribution in [0.1, 0.15) is 12.5 Å². The lowest BCUT2D eigenvalue weighted by Gasteiger charge is -2.18. The maximum absolute atomic E-state index is 14.3. The second kappa shape index (κ2) is 5.48. The molecule has 3 rings (SSSR count). The summed E-state index contributed by atoms with van der Waals surface area (Å²) in [6, 6.07) is 5.61. The van der Waals surface area contributed by atoms with Gasteiger partial charge in [0.05, 0.1) is 6.20 Å². The number of aryl methyl sites for hydroxylation is 1. The molecule has 1 aromatic heterocycles. The largest absolute Gasteiger partial charge is 0.381 e. The third-order valence-corrected chi connectivity index (χ3v) is 4.05. The van der Waals surface area contributed by atoms with Gasteiger partial charge < -0.3 is 10.2 Å². The van der Waals surface area contributed by atoms with E-state index in [1.807, 2.05) is 19.2 Å². The van der Waals surface area contributed by atoms with Crippen molar-refractivity contribution in [1.29, 1.82) is 0 Å². The molecule has 2 unspecified atom stereocenters. The van der Waals surface area contributed by atoms with Crippen molar-refractivity contribution >= 4 is 5.69 Å². The van der Waals surface area contributed by atoms with Gasteiger partial charge in [0.15, 0.2) is 5.82 Å². The minimum absolute atomic E-state index is 0.262. The van der Waals surface area contributed by atoms with Gasteiger partial charge in [0, 0.05) is 31.0 Å². The number of halogens is 1. The van der Waals surface area contributed by atoms with Crippen molar-refractivity contribution in [2.45, 2.75) is 19.9 Å². The lowest BCUT2D eigenvalue weighted by molar-refractivity contribution is 0.401. The number of anilines is 1. The zero-order valence-corrected chi connectivity index (χ0v) is 12.7. The van der Waals surface area contributed by atoms with Gasteiger partial charge in [-0.25, -0.2) is 9.07 Å². The Morgan fingerprint density at radius 1 is 1.33 bits per heavy atom. The number of benzene rings is 1. The third kappa shape index (κ3) is 2.93. The summed E-state index contributed by atoms with van der Waals surface area (Å²) in [5, 5.41) is 7.59. The molecule has 0 radical (unpaired) electrons. The van der Waals surface area contributed by atoms with Crippen LogP contribution in [0.2, 0.25) is 0 Å². The van der Waals surface area contributed by atoms with Crippen LogP contribution in [0.5, 0.6) is 0 Å². The van der Waals surface area contributed by atoms with Crippen LogP contribution in [0, 0.1) is 18.7 Å². The molecule has 1 N–H and O–H groups in total. The molecule has 21 heavy (non-hydrogen) atoms. The van der Waals surface area contributed by atoms with Gasteiger partial charge in [0.1, 0.15) is 5.69 Å². The molecule has 0 aliphatic carbocycles. The third-order valence-electron chi connectivity index (χ3n) is 4.05. The van der Waals surface area contributed by atoms with Crippen molar-refractivity contribution in [3.63, 3.8) is 0 Å². The number of hydrogen-bond donors (Lipinski definition) is 1. The monoisotopic (exact) mass is 288 g/mol. The molecule has 2 aromatic rings. The van der Waals surface area contributed by atoms with Gasteiger partial charge in [-0.3, -0.25) is 0 Å². The lowest BCUT2D eigenvalue weighted by Crippen LogP contribution is -2.27. The Bertz CT molecular complexity index is 637.